The van der Waals surface area contributed by atoms with Gasteiger partial charge in [-0.2, -0.15) is 0 Å². The Morgan fingerprint density at radius 3 is 2.73 bits per heavy atom. The van der Waals surface area contributed by atoms with E-state index in [-0.39, 0.29) is 23.1 Å². The fourth-order valence-electron chi connectivity index (χ4n) is 2.61. The van der Waals surface area contributed by atoms with Crippen molar-refractivity contribution in [3.63, 3.8) is 0 Å². The molecule has 1 aromatic heterocycles. The number of halogens is 2. The number of aromatic nitrogens is 1. The van der Waals surface area contributed by atoms with Crippen LogP contribution in [0.4, 0.5) is 8.78 Å². The molecule has 0 amide bonds. The first-order chi connectivity index (χ1) is 10.5. The molecule has 1 atom stereocenters. The first-order valence-electron chi connectivity index (χ1n) is 7.12. The molecular formula is C17H15F2NO2. The molecule has 2 aromatic rings. The highest BCUT2D eigenvalue weighted by atomic mass is 19.1. The topological polar surface area (TPSA) is 39.2 Å². The van der Waals surface area contributed by atoms with Crippen molar-refractivity contribution < 1.29 is 18.3 Å². The van der Waals surface area contributed by atoms with Gasteiger partial charge in [0, 0.05) is 24.1 Å². The third kappa shape index (κ3) is 2.58. The summed E-state index contributed by atoms with van der Waals surface area (Å²) in [6.45, 7) is 3.31. The molecule has 22 heavy (non-hydrogen) atoms. The number of Topliss-reactive ketones (excluding diaryl/α,β-unsaturated/α-hetero) is 1. The van der Waals surface area contributed by atoms with Crippen molar-refractivity contribution in [2.24, 2.45) is 0 Å². The van der Waals surface area contributed by atoms with E-state index < -0.39 is 11.6 Å². The molecule has 0 N–H and O–H groups in total. The van der Waals surface area contributed by atoms with Gasteiger partial charge in [0.25, 0.3) is 0 Å². The van der Waals surface area contributed by atoms with Gasteiger partial charge in [0.2, 0.25) is 5.88 Å². The maximum absolute atomic E-state index is 14.1. The largest absolute Gasteiger partial charge is 0.474 e. The molecule has 1 aromatic carbocycles. The Hall–Kier alpha value is -2.30. The molecule has 3 rings (SSSR count). The zero-order valence-corrected chi connectivity index (χ0v) is 12.3. The normalized spacial score (nSPS) is 16.8. The monoisotopic (exact) mass is 303 g/mol. The Bertz CT molecular complexity index is 759. The molecule has 2 heterocycles. The summed E-state index contributed by atoms with van der Waals surface area (Å²) in [7, 11) is 0. The second-order valence-electron chi connectivity index (χ2n) is 5.49. The van der Waals surface area contributed by atoms with Gasteiger partial charge in [0.1, 0.15) is 17.3 Å². The molecule has 0 spiro atoms. The van der Waals surface area contributed by atoms with Crippen molar-refractivity contribution in [2.75, 3.05) is 0 Å². The van der Waals surface area contributed by atoms with Crippen molar-refractivity contribution in [2.45, 2.75) is 32.8 Å². The van der Waals surface area contributed by atoms with Crippen LogP contribution < -0.4 is 4.74 Å². The summed E-state index contributed by atoms with van der Waals surface area (Å²) in [4.78, 5) is 15.9. The van der Waals surface area contributed by atoms with Crippen molar-refractivity contribution in [1.29, 1.82) is 0 Å². The van der Waals surface area contributed by atoms with Gasteiger partial charge in [-0.25, -0.2) is 13.8 Å². The number of pyridine rings is 1. The van der Waals surface area contributed by atoms with Crippen molar-refractivity contribution in [3.05, 3.63) is 47.2 Å². The summed E-state index contributed by atoms with van der Waals surface area (Å²) in [6, 6.07) is 4.96. The number of carbonyl (C=O) groups is 1. The lowest BCUT2D eigenvalue weighted by atomic mass is 9.94. The van der Waals surface area contributed by atoms with Gasteiger partial charge in [-0.05, 0) is 43.5 Å². The van der Waals surface area contributed by atoms with Crippen LogP contribution in [0.5, 0.6) is 5.88 Å². The molecule has 1 aliphatic heterocycles. The predicted octanol–water partition coefficient (Wildman–Crippen LogP) is 3.94. The van der Waals surface area contributed by atoms with E-state index in [0.717, 1.165) is 18.1 Å². The summed E-state index contributed by atoms with van der Waals surface area (Å²) in [6.07, 6.45) is 1.45. The van der Waals surface area contributed by atoms with Crippen molar-refractivity contribution in [1.82, 2.24) is 4.98 Å². The van der Waals surface area contributed by atoms with Crippen LogP contribution >= 0.6 is 0 Å². The van der Waals surface area contributed by atoms with E-state index in [1.54, 1.807) is 6.07 Å². The number of ketones is 1. The lowest BCUT2D eigenvalue weighted by Crippen LogP contribution is -2.21. The standard InChI is InChI=1S/C17H15F2NO2/c1-9-3-5-13-14(12-6-4-11(18)7-15(12)19)8-16(10(2)21)20-17(13)22-9/h4,6-9H,3,5H2,1-2H3/t9-/m1/s1. The second kappa shape index (κ2) is 5.48. The highest BCUT2D eigenvalue weighted by Crippen LogP contribution is 2.36. The molecule has 0 fully saturated rings. The maximum atomic E-state index is 14.1. The van der Waals surface area contributed by atoms with E-state index in [1.165, 1.54) is 19.1 Å². The van der Waals surface area contributed by atoms with Crippen LogP contribution in [0, 0.1) is 11.6 Å². The fourth-order valence-corrected chi connectivity index (χ4v) is 2.61. The van der Waals surface area contributed by atoms with Crippen LogP contribution in [0.15, 0.2) is 24.3 Å². The SMILES string of the molecule is CC(=O)c1cc(-c2ccc(F)cc2F)c2c(n1)O[C@H](C)CC2. The number of ether oxygens (including phenoxy) is 1. The molecule has 0 radical (unpaired) electrons. The van der Waals surface area contributed by atoms with Gasteiger partial charge in [0.15, 0.2) is 5.78 Å². The quantitative estimate of drug-likeness (QED) is 0.789. The number of carbonyl (C=O) groups excluding carboxylic acids is 1. The van der Waals surface area contributed by atoms with Crippen molar-refractivity contribution in [3.8, 4) is 17.0 Å². The zero-order valence-electron chi connectivity index (χ0n) is 12.3. The van der Waals surface area contributed by atoms with Crippen LogP contribution in [0.2, 0.25) is 0 Å². The second-order valence-corrected chi connectivity index (χ2v) is 5.49. The summed E-state index contributed by atoms with van der Waals surface area (Å²) in [5.41, 5.74) is 1.76. The molecule has 3 nitrogen and oxygen atoms in total. The Kier molecular flexibility index (Phi) is 3.64. The number of hydrogen-bond acceptors (Lipinski definition) is 3. The lowest BCUT2D eigenvalue weighted by molar-refractivity contribution is 0.101. The summed E-state index contributed by atoms with van der Waals surface area (Å²) < 4.78 is 32.9. The van der Waals surface area contributed by atoms with E-state index >= 15 is 0 Å². The number of hydrogen-bond donors (Lipinski definition) is 0. The molecule has 0 unspecified atom stereocenters. The van der Waals surface area contributed by atoms with Crippen molar-refractivity contribution >= 4 is 5.78 Å². The minimum atomic E-state index is -0.665. The van der Waals surface area contributed by atoms with Gasteiger partial charge >= 0.3 is 0 Å². The molecule has 0 aliphatic carbocycles. The summed E-state index contributed by atoms with van der Waals surface area (Å²) in [5, 5.41) is 0. The minimum absolute atomic E-state index is 0.00637. The smallest absolute Gasteiger partial charge is 0.218 e. The van der Waals surface area contributed by atoms with Gasteiger partial charge < -0.3 is 4.74 Å². The van der Waals surface area contributed by atoms with Crippen LogP contribution in [-0.4, -0.2) is 16.9 Å². The van der Waals surface area contributed by atoms with Gasteiger partial charge in [-0.3, -0.25) is 4.79 Å². The van der Waals surface area contributed by atoms with Crippen LogP contribution in [0.3, 0.4) is 0 Å². The van der Waals surface area contributed by atoms with E-state index in [2.05, 4.69) is 4.98 Å². The average molecular weight is 303 g/mol. The van der Waals surface area contributed by atoms with E-state index in [1.807, 2.05) is 6.92 Å². The molecule has 0 saturated carbocycles. The van der Waals surface area contributed by atoms with Crippen LogP contribution in [0.1, 0.15) is 36.3 Å². The van der Waals surface area contributed by atoms with E-state index in [9.17, 15) is 13.6 Å². The first kappa shape index (κ1) is 14.6. The van der Waals surface area contributed by atoms with Crippen LogP contribution in [0.25, 0.3) is 11.1 Å². The number of rotatable bonds is 2. The third-order valence-corrected chi connectivity index (χ3v) is 3.78. The van der Waals surface area contributed by atoms with E-state index in [0.29, 0.717) is 17.9 Å². The molecule has 0 bridgehead atoms. The Morgan fingerprint density at radius 1 is 1.27 bits per heavy atom. The lowest BCUT2D eigenvalue weighted by Gasteiger charge is -2.25. The summed E-state index contributed by atoms with van der Waals surface area (Å²) in [5.74, 6) is -1.17. The Balaban J connectivity index is 2.23. The number of benzene rings is 1. The molecule has 0 saturated heterocycles. The van der Waals surface area contributed by atoms with Gasteiger partial charge in [-0.15, -0.1) is 0 Å². The summed E-state index contributed by atoms with van der Waals surface area (Å²) >= 11 is 0. The predicted molar refractivity (Wildman–Crippen MR) is 78.0 cm³/mol. The fraction of sp³-hybridized carbons (Fsp3) is 0.294. The van der Waals surface area contributed by atoms with Gasteiger partial charge in [0.05, 0.1) is 6.10 Å². The maximum Gasteiger partial charge on any atom is 0.218 e. The Labute approximate surface area is 126 Å². The van der Waals surface area contributed by atoms with Crippen LogP contribution in [-0.2, 0) is 6.42 Å². The highest BCUT2D eigenvalue weighted by Gasteiger charge is 2.24. The molecule has 5 heteroatoms. The first-order valence-corrected chi connectivity index (χ1v) is 7.12. The number of nitrogens with zero attached hydrogens (tertiary/aromatic N) is 1. The average Bonchev–Trinajstić information content (AvgIpc) is 2.45. The highest BCUT2D eigenvalue weighted by molar-refractivity contribution is 5.94. The molecule has 1 aliphatic rings. The Morgan fingerprint density at radius 2 is 2.05 bits per heavy atom. The minimum Gasteiger partial charge on any atom is -0.474 e. The third-order valence-electron chi connectivity index (χ3n) is 3.78. The zero-order chi connectivity index (χ0) is 15.9. The number of fused-ring (bicyclic) bond motifs is 1. The van der Waals surface area contributed by atoms with E-state index in [4.69, 9.17) is 4.74 Å². The van der Waals surface area contributed by atoms with Gasteiger partial charge in [-0.1, -0.05) is 0 Å². The molecular weight excluding hydrogens is 288 g/mol. The molecule has 114 valence electrons.